The Morgan fingerprint density at radius 2 is 1.59 bits per heavy atom. The topological polar surface area (TPSA) is 287 Å². The lowest BCUT2D eigenvalue weighted by Crippen LogP contribution is -2.67. The standard InChI is InChI=1S/C18H36N6O10/c1-4(25)11-14(29)24-15(30)17(32-11)33-12-6(20)2-5(19)8(26)13(12)34-16-10(28)9(27)7(31-16)3-23-18(21)22/h4-17,24-30H,2-3,19-20H2,1H3,(H4,21,22,23)/t4-,5+,6?,7?,8?,9?,10?,11?,12?,13?,14-,15+,16?,17?/m1/s1. The van der Waals surface area contributed by atoms with Crippen LogP contribution in [0, 0.1) is 0 Å². The van der Waals surface area contributed by atoms with E-state index in [-0.39, 0.29) is 18.9 Å². The van der Waals surface area contributed by atoms with E-state index in [0.717, 1.165) is 0 Å². The van der Waals surface area contributed by atoms with Crippen LogP contribution in [0.3, 0.4) is 0 Å². The number of nitrogens with zero attached hydrogens (tertiary/aromatic N) is 1. The fourth-order valence-electron chi connectivity index (χ4n) is 4.22. The Morgan fingerprint density at radius 3 is 2.21 bits per heavy atom. The Kier molecular flexibility index (Phi) is 9.01. The average Bonchev–Trinajstić information content (AvgIpc) is 3.01. The molecule has 15 N–H and O–H groups in total. The summed E-state index contributed by atoms with van der Waals surface area (Å²) in [6.07, 6.45) is -15.5. The van der Waals surface area contributed by atoms with Crippen LogP contribution < -0.4 is 28.3 Å². The van der Waals surface area contributed by atoms with E-state index in [2.05, 4.69) is 10.3 Å². The van der Waals surface area contributed by atoms with Gasteiger partial charge in [0.2, 0.25) is 0 Å². The Morgan fingerprint density at radius 1 is 0.941 bits per heavy atom. The Bertz CT molecular complexity index is 702. The highest BCUT2D eigenvalue weighted by molar-refractivity contribution is 5.75. The SMILES string of the molecule is C[C@@H](O)C1OC(OC2C(N)C[C@H](N)C(O)C2OC2OC(CN=C(N)N)C(O)C2O)[C@H](O)N[C@@H]1O. The van der Waals surface area contributed by atoms with Crippen molar-refractivity contribution in [2.75, 3.05) is 6.54 Å². The van der Waals surface area contributed by atoms with Gasteiger partial charge in [-0.15, -0.1) is 0 Å². The molecule has 3 fully saturated rings. The van der Waals surface area contributed by atoms with Gasteiger partial charge in [0.1, 0.15) is 42.9 Å². The number of aliphatic hydroxyl groups excluding tert-OH is 6. The van der Waals surface area contributed by atoms with Crippen molar-refractivity contribution in [1.29, 1.82) is 0 Å². The van der Waals surface area contributed by atoms with Gasteiger partial charge in [-0.05, 0) is 13.3 Å². The zero-order valence-electron chi connectivity index (χ0n) is 18.6. The van der Waals surface area contributed by atoms with Crippen LogP contribution in [-0.4, -0.2) is 129 Å². The third-order valence-corrected chi connectivity index (χ3v) is 6.10. The molecule has 0 amide bonds. The molecule has 3 aliphatic rings. The van der Waals surface area contributed by atoms with Gasteiger partial charge >= 0.3 is 0 Å². The summed E-state index contributed by atoms with van der Waals surface area (Å²) < 4.78 is 22.6. The van der Waals surface area contributed by atoms with E-state index < -0.39 is 86.0 Å². The first-order chi connectivity index (χ1) is 15.9. The molecule has 2 saturated heterocycles. The summed E-state index contributed by atoms with van der Waals surface area (Å²) in [5.41, 5.74) is 22.8. The van der Waals surface area contributed by atoms with Crippen LogP contribution in [0.4, 0.5) is 0 Å². The molecule has 2 aliphatic heterocycles. The molecular weight excluding hydrogens is 460 g/mol. The summed E-state index contributed by atoms with van der Waals surface area (Å²) >= 11 is 0. The number of morpholine rings is 1. The van der Waals surface area contributed by atoms with Gasteiger partial charge in [-0.1, -0.05) is 0 Å². The van der Waals surface area contributed by atoms with Crippen LogP contribution in [0.2, 0.25) is 0 Å². The first kappa shape index (κ1) is 27.3. The van der Waals surface area contributed by atoms with E-state index in [0.29, 0.717) is 0 Å². The van der Waals surface area contributed by atoms with E-state index in [9.17, 15) is 30.6 Å². The van der Waals surface area contributed by atoms with Crippen molar-refractivity contribution in [2.24, 2.45) is 27.9 Å². The minimum absolute atomic E-state index is 0.119. The monoisotopic (exact) mass is 496 g/mol. The fourth-order valence-corrected chi connectivity index (χ4v) is 4.22. The summed E-state index contributed by atoms with van der Waals surface area (Å²) in [4.78, 5) is 3.75. The zero-order valence-corrected chi connectivity index (χ0v) is 18.6. The maximum atomic E-state index is 10.7. The maximum Gasteiger partial charge on any atom is 0.198 e. The van der Waals surface area contributed by atoms with Crippen molar-refractivity contribution in [3.8, 4) is 0 Å². The van der Waals surface area contributed by atoms with Crippen LogP contribution in [0.25, 0.3) is 0 Å². The number of ether oxygens (including phenoxy) is 4. The van der Waals surface area contributed by atoms with Crippen molar-refractivity contribution in [1.82, 2.24) is 5.32 Å². The molecule has 2 heterocycles. The van der Waals surface area contributed by atoms with Crippen molar-refractivity contribution in [3.63, 3.8) is 0 Å². The molecule has 0 spiro atoms. The van der Waals surface area contributed by atoms with E-state index >= 15 is 0 Å². The van der Waals surface area contributed by atoms with Crippen molar-refractivity contribution >= 4 is 5.96 Å². The highest BCUT2D eigenvalue weighted by Crippen LogP contribution is 2.31. The predicted molar refractivity (Wildman–Crippen MR) is 113 cm³/mol. The number of hydrogen-bond donors (Lipinski definition) is 11. The molecule has 1 saturated carbocycles. The number of guanidine groups is 1. The summed E-state index contributed by atoms with van der Waals surface area (Å²) in [6, 6.07) is -1.62. The van der Waals surface area contributed by atoms with Crippen molar-refractivity contribution in [3.05, 3.63) is 0 Å². The highest BCUT2D eigenvalue weighted by Gasteiger charge is 2.51. The van der Waals surface area contributed by atoms with Crippen LogP contribution in [0.1, 0.15) is 13.3 Å². The molecule has 198 valence electrons. The first-order valence-electron chi connectivity index (χ1n) is 10.9. The molecule has 16 heteroatoms. The van der Waals surface area contributed by atoms with Gasteiger partial charge in [-0.3, -0.25) is 10.3 Å². The fraction of sp³-hybridized carbons (Fsp3) is 0.944. The number of rotatable bonds is 7. The summed E-state index contributed by atoms with van der Waals surface area (Å²) in [5, 5.41) is 63.8. The molecule has 16 nitrogen and oxygen atoms in total. The molecule has 0 bridgehead atoms. The Balaban J connectivity index is 1.75. The molecule has 10 unspecified atom stereocenters. The van der Waals surface area contributed by atoms with Crippen LogP contribution in [0.5, 0.6) is 0 Å². The van der Waals surface area contributed by atoms with E-state index in [4.69, 9.17) is 41.9 Å². The van der Waals surface area contributed by atoms with Gasteiger partial charge in [-0.25, -0.2) is 0 Å². The second-order valence-corrected chi connectivity index (χ2v) is 8.81. The van der Waals surface area contributed by atoms with Crippen molar-refractivity contribution < 1.29 is 49.6 Å². The zero-order chi connectivity index (χ0) is 25.3. The normalized spacial score (nSPS) is 48.4. The second kappa shape index (κ2) is 11.2. The van der Waals surface area contributed by atoms with Gasteiger partial charge in [0.15, 0.2) is 24.8 Å². The second-order valence-electron chi connectivity index (χ2n) is 8.81. The molecule has 34 heavy (non-hydrogen) atoms. The maximum absolute atomic E-state index is 10.7. The lowest BCUT2D eigenvalue weighted by Gasteiger charge is -2.46. The molecule has 14 atom stereocenters. The average molecular weight is 497 g/mol. The quantitative estimate of drug-likeness (QED) is 0.115. The minimum atomic E-state index is -1.52. The predicted octanol–water partition coefficient (Wildman–Crippen LogP) is -6.77. The Labute approximate surface area is 195 Å². The molecule has 0 aromatic carbocycles. The van der Waals surface area contributed by atoms with Gasteiger partial charge in [-0.2, -0.15) is 0 Å². The van der Waals surface area contributed by atoms with Crippen molar-refractivity contribution in [2.45, 2.75) is 99.3 Å². The van der Waals surface area contributed by atoms with Gasteiger partial charge in [0, 0.05) is 12.1 Å². The molecule has 3 rings (SSSR count). The lowest BCUT2D eigenvalue weighted by molar-refractivity contribution is -0.327. The number of aliphatic imine (C=N–C) groups is 1. The molecule has 0 radical (unpaired) electrons. The number of aliphatic hydroxyl groups is 6. The van der Waals surface area contributed by atoms with E-state index in [1.165, 1.54) is 6.92 Å². The third-order valence-electron chi connectivity index (χ3n) is 6.10. The number of nitrogens with one attached hydrogen (secondary N) is 1. The van der Waals surface area contributed by atoms with Gasteiger partial charge in [0.25, 0.3) is 0 Å². The number of hydrogen-bond acceptors (Lipinski definition) is 14. The minimum Gasteiger partial charge on any atom is -0.391 e. The largest absolute Gasteiger partial charge is 0.391 e. The molecule has 1 aliphatic carbocycles. The van der Waals surface area contributed by atoms with E-state index in [1.807, 2.05) is 0 Å². The van der Waals surface area contributed by atoms with Gasteiger partial charge in [0.05, 0.1) is 18.8 Å². The van der Waals surface area contributed by atoms with Gasteiger partial charge < -0.3 is 72.5 Å². The molecule has 0 aromatic rings. The van der Waals surface area contributed by atoms with Crippen LogP contribution in [-0.2, 0) is 18.9 Å². The molecular formula is C18H36N6O10. The summed E-state index contributed by atoms with van der Waals surface area (Å²) in [6.45, 7) is 1.23. The van der Waals surface area contributed by atoms with Crippen LogP contribution >= 0.6 is 0 Å². The van der Waals surface area contributed by atoms with E-state index in [1.54, 1.807) is 0 Å². The smallest absolute Gasteiger partial charge is 0.198 e. The summed E-state index contributed by atoms with van der Waals surface area (Å²) in [5.74, 6) is -0.233. The summed E-state index contributed by atoms with van der Waals surface area (Å²) in [7, 11) is 0. The third kappa shape index (κ3) is 5.93. The lowest BCUT2D eigenvalue weighted by atomic mass is 9.84. The first-order valence-corrected chi connectivity index (χ1v) is 10.9. The highest BCUT2D eigenvalue weighted by atomic mass is 16.7. The van der Waals surface area contributed by atoms with Crippen LogP contribution in [0.15, 0.2) is 4.99 Å². The molecule has 0 aromatic heterocycles. The number of nitrogens with two attached hydrogens (primary N) is 4. The Hall–Kier alpha value is -1.25.